The SMILES string of the molecule is COc1cc(CNc2ccc(/C=C\C(=O)Nc3ccccc3N)cc2)cc(OC)c1. The molecule has 6 heteroatoms. The number of anilines is 3. The smallest absolute Gasteiger partial charge is 0.248 e. The summed E-state index contributed by atoms with van der Waals surface area (Å²) in [5, 5.41) is 6.13. The average molecular weight is 403 g/mol. The molecule has 0 aromatic heterocycles. The Morgan fingerprint density at radius 2 is 1.63 bits per heavy atom. The van der Waals surface area contributed by atoms with E-state index in [1.807, 2.05) is 54.6 Å². The van der Waals surface area contributed by atoms with Gasteiger partial charge in [0.15, 0.2) is 0 Å². The molecular weight excluding hydrogens is 378 g/mol. The molecule has 0 aliphatic rings. The van der Waals surface area contributed by atoms with Crippen molar-refractivity contribution < 1.29 is 14.3 Å². The summed E-state index contributed by atoms with van der Waals surface area (Å²) in [6, 6.07) is 20.7. The number of nitrogens with two attached hydrogens (primary N) is 1. The number of nitrogen functional groups attached to an aromatic ring is 1. The molecule has 0 atom stereocenters. The number of methoxy groups -OCH3 is 2. The summed E-state index contributed by atoms with van der Waals surface area (Å²) in [4.78, 5) is 12.1. The van der Waals surface area contributed by atoms with Gasteiger partial charge in [0, 0.05) is 24.4 Å². The van der Waals surface area contributed by atoms with Crippen molar-refractivity contribution in [3.63, 3.8) is 0 Å². The molecule has 0 aliphatic carbocycles. The lowest BCUT2D eigenvalue weighted by atomic mass is 10.1. The van der Waals surface area contributed by atoms with Crippen molar-refractivity contribution in [1.29, 1.82) is 0 Å². The van der Waals surface area contributed by atoms with Crippen LogP contribution in [0, 0.1) is 0 Å². The number of rotatable bonds is 8. The first-order valence-electron chi connectivity index (χ1n) is 9.47. The van der Waals surface area contributed by atoms with Crippen molar-refractivity contribution in [1.82, 2.24) is 0 Å². The zero-order valence-corrected chi connectivity index (χ0v) is 17.0. The highest BCUT2D eigenvalue weighted by atomic mass is 16.5. The van der Waals surface area contributed by atoms with E-state index in [4.69, 9.17) is 15.2 Å². The summed E-state index contributed by atoms with van der Waals surface area (Å²) in [7, 11) is 3.26. The zero-order valence-electron chi connectivity index (χ0n) is 17.0. The van der Waals surface area contributed by atoms with E-state index in [9.17, 15) is 4.79 Å². The van der Waals surface area contributed by atoms with Crippen molar-refractivity contribution in [2.45, 2.75) is 6.54 Å². The molecule has 0 aliphatic heterocycles. The van der Waals surface area contributed by atoms with Gasteiger partial charge in [-0.2, -0.15) is 0 Å². The summed E-state index contributed by atoms with van der Waals surface area (Å²) in [6.45, 7) is 0.629. The third-order valence-corrected chi connectivity index (χ3v) is 4.46. The minimum atomic E-state index is -0.234. The van der Waals surface area contributed by atoms with Crippen LogP contribution in [-0.2, 0) is 11.3 Å². The molecule has 6 nitrogen and oxygen atoms in total. The second-order valence-corrected chi connectivity index (χ2v) is 6.61. The number of benzene rings is 3. The summed E-state index contributed by atoms with van der Waals surface area (Å²) in [6.07, 6.45) is 3.24. The topological polar surface area (TPSA) is 85.6 Å². The van der Waals surface area contributed by atoms with Crippen LogP contribution in [0.4, 0.5) is 17.1 Å². The molecule has 1 amide bonds. The minimum Gasteiger partial charge on any atom is -0.497 e. The van der Waals surface area contributed by atoms with Crippen LogP contribution in [0.5, 0.6) is 11.5 Å². The van der Waals surface area contributed by atoms with Crippen LogP contribution in [0.1, 0.15) is 11.1 Å². The largest absolute Gasteiger partial charge is 0.497 e. The molecule has 0 fully saturated rings. The lowest BCUT2D eigenvalue weighted by Crippen LogP contribution is -2.09. The molecular formula is C24H25N3O3. The Hall–Kier alpha value is -3.93. The number of carbonyl (C=O) groups is 1. The first-order chi connectivity index (χ1) is 14.6. The van der Waals surface area contributed by atoms with Gasteiger partial charge in [-0.25, -0.2) is 0 Å². The Balaban J connectivity index is 1.56. The second kappa shape index (κ2) is 10.0. The molecule has 0 radical (unpaired) electrons. The molecule has 0 saturated heterocycles. The Morgan fingerprint density at radius 3 is 2.27 bits per heavy atom. The Labute approximate surface area is 176 Å². The van der Waals surface area contributed by atoms with E-state index in [1.54, 1.807) is 32.4 Å². The fourth-order valence-electron chi connectivity index (χ4n) is 2.84. The molecule has 0 heterocycles. The summed E-state index contributed by atoms with van der Waals surface area (Å²) < 4.78 is 10.6. The molecule has 4 N–H and O–H groups in total. The van der Waals surface area contributed by atoms with Crippen LogP contribution in [-0.4, -0.2) is 20.1 Å². The van der Waals surface area contributed by atoms with E-state index in [1.165, 1.54) is 6.08 Å². The highest BCUT2D eigenvalue weighted by Gasteiger charge is 2.03. The lowest BCUT2D eigenvalue weighted by molar-refractivity contribution is -0.111. The maximum atomic E-state index is 12.1. The van der Waals surface area contributed by atoms with E-state index < -0.39 is 0 Å². The molecule has 3 rings (SSSR count). The Morgan fingerprint density at radius 1 is 0.967 bits per heavy atom. The standard InChI is InChI=1S/C24H25N3O3/c1-29-20-13-18(14-21(15-20)30-2)16-26-19-10-7-17(8-11-19)9-12-24(28)27-23-6-4-3-5-22(23)25/h3-15,26H,16,25H2,1-2H3,(H,27,28)/b12-9-. The van der Waals surface area contributed by atoms with Crippen LogP contribution in [0.2, 0.25) is 0 Å². The molecule has 0 unspecified atom stereocenters. The van der Waals surface area contributed by atoms with Gasteiger partial charge in [0.05, 0.1) is 25.6 Å². The van der Waals surface area contributed by atoms with Gasteiger partial charge in [-0.1, -0.05) is 24.3 Å². The van der Waals surface area contributed by atoms with Crippen molar-refractivity contribution in [3.05, 3.63) is 83.9 Å². The monoisotopic (exact) mass is 403 g/mol. The van der Waals surface area contributed by atoms with Gasteiger partial charge in [-0.15, -0.1) is 0 Å². The van der Waals surface area contributed by atoms with E-state index in [-0.39, 0.29) is 5.91 Å². The van der Waals surface area contributed by atoms with Gasteiger partial charge < -0.3 is 25.8 Å². The number of hydrogen-bond acceptors (Lipinski definition) is 5. The Bertz CT molecular complexity index is 1010. The van der Waals surface area contributed by atoms with Gasteiger partial charge in [0.2, 0.25) is 5.91 Å². The average Bonchev–Trinajstić information content (AvgIpc) is 2.78. The molecule has 30 heavy (non-hydrogen) atoms. The van der Waals surface area contributed by atoms with Crippen LogP contribution in [0.3, 0.4) is 0 Å². The summed E-state index contributed by atoms with van der Waals surface area (Å²) in [5.74, 6) is 1.27. The summed E-state index contributed by atoms with van der Waals surface area (Å²) in [5.41, 5.74) is 9.90. The first kappa shape index (κ1) is 20.8. The highest BCUT2D eigenvalue weighted by Crippen LogP contribution is 2.23. The number of carbonyl (C=O) groups excluding carboxylic acids is 1. The maximum Gasteiger partial charge on any atom is 0.248 e. The number of hydrogen-bond donors (Lipinski definition) is 3. The third kappa shape index (κ3) is 5.78. The molecule has 154 valence electrons. The normalized spacial score (nSPS) is 10.6. The van der Waals surface area contributed by atoms with Crippen LogP contribution < -0.4 is 25.8 Å². The van der Waals surface area contributed by atoms with E-state index in [2.05, 4.69) is 10.6 Å². The van der Waals surface area contributed by atoms with Gasteiger partial charge in [-0.3, -0.25) is 4.79 Å². The van der Waals surface area contributed by atoms with Crippen LogP contribution in [0.25, 0.3) is 6.08 Å². The molecule has 3 aromatic carbocycles. The van der Waals surface area contributed by atoms with Crippen molar-refractivity contribution in [2.75, 3.05) is 30.6 Å². The zero-order chi connectivity index (χ0) is 21.3. The minimum absolute atomic E-state index is 0.234. The van der Waals surface area contributed by atoms with Gasteiger partial charge in [-0.05, 0) is 53.6 Å². The second-order valence-electron chi connectivity index (χ2n) is 6.61. The Kier molecular flexibility index (Phi) is 6.95. The predicted molar refractivity (Wildman–Crippen MR) is 122 cm³/mol. The number of para-hydroxylation sites is 2. The van der Waals surface area contributed by atoms with Crippen molar-refractivity contribution in [2.24, 2.45) is 0 Å². The molecule has 3 aromatic rings. The molecule has 0 spiro atoms. The number of ether oxygens (including phenoxy) is 2. The van der Waals surface area contributed by atoms with Crippen LogP contribution in [0.15, 0.2) is 72.8 Å². The highest BCUT2D eigenvalue weighted by molar-refractivity contribution is 6.03. The lowest BCUT2D eigenvalue weighted by Gasteiger charge is -2.10. The first-order valence-corrected chi connectivity index (χ1v) is 9.47. The number of amides is 1. The third-order valence-electron chi connectivity index (χ3n) is 4.46. The van der Waals surface area contributed by atoms with E-state index in [0.29, 0.717) is 17.9 Å². The van der Waals surface area contributed by atoms with Crippen LogP contribution >= 0.6 is 0 Å². The van der Waals surface area contributed by atoms with E-state index in [0.717, 1.165) is 28.3 Å². The molecule has 0 saturated carbocycles. The van der Waals surface area contributed by atoms with Gasteiger partial charge in [0.25, 0.3) is 0 Å². The van der Waals surface area contributed by atoms with Crippen molar-refractivity contribution in [3.8, 4) is 11.5 Å². The number of nitrogens with one attached hydrogen (secondary N) is 2. The fraction of sp³-hybridized carbons (Fsp3) is 0.125. The predicted octanol–water partition coefficient (Wildman–Crippen LogP) is 4.55. The van der Waals surface area contributed by atoms with E-state index >= 15 is 0 Å². The fourth-order valence-corrected chi connectivity index (χ4v) is 2.84. The van der Waals surface area contributed by atoms with Gasteiger partial charge >= 0.3 is 0 Å². The quantitative estimate of drug-likeness (QED) is 0.379. The maximum absolute atomic E-state index is 12.1. The van der Waals surface area contributed by atoms with Crippen molar-refractivity contribution >= 4 is 29.0 Å². The van der Waals surface area contributed by atoms with Gasteiger partial charge in [0.1, 0.15) is 11.5 Å². The summed E-state index contributed by atoms with van der Waals surface area (Å²) >= 11 is 0. The molecule has 0 bridgehead atoms.